The van der Waals surface area contributed by atoms with Gasteiger partial charge in [-0.1, -0.05) is 5.21 Å². The summed E-state index contributed by atoms with van der Waals surface area (Å²) in [5.41, 5.74) is 0.231. The highest BCUT2D eigenvalue weighted by Gasteiger charge is 2.08. The average Bonchev–Trinajstić information content (AvgIpc) is 2.10. The number of aryl methyl sites for hydroxylation is 1. The van der Waals surface area contributed by atoms with Crippen molar-refractivity contribution in [3.63, 3.8) is 0 Å². The van der Waals surface area contributed by atoms with Crippen LogP contribution in [0.15, 0.2) is 6.20 Å². The highest BCUT2D eigenvalue weighted by atomic mass is 32.2. The van der Waals surface area contributed by atoms with E-state index in [9.17, 15) is 8.42 Å². The molecule has 0 aliphatic carbocycles. The van der Waals surface area contributed by atoms with E-state index in [4.69, 9.17) is 4.55 Å². The monoisotopic (exact) mass is 177 g/mol. The first-order chi connectivity index (χ1) is 4.97. The van der Waals surface area contributed by atoms with Crippen LogP contribution in [0.3, 0.4) is 0 Å². The van der Waals surface area contributed by atoms with Crippen molar-refractivity contribution in [2.75, 3.05) is 0 Å². The third-order valence-corrected chi connectivity index (χ3v) is 1.64. The van der Waals surface area contributed by atoms with Gasteiger partial charge >= 0.3 is 0 Å². The number of aromatic nitrogens is 3. The van der Waals surface area contributed by atoms with Gasteiger partial charge in [0.25, 0.3) is 10.1 Å². The number of hydrogen-bond acceptors (Lipinski definition) is 4. The van der Waals surface area contributed by atoms with E-state index < -0.39 is 15.9 Å². The molecule has 1 heterocycles. The standard InChI is InChI=1S/C4H7N3O3S/c1-7-2-4(5-6-7)3-11(8,9)10/h2H,3H2,1H3,(H,8,9,10). The normalized spacial score (nSPS) is 11.8. The summed E-state index contributed by atoms with van der Waals surface area (Å²) in [5.74, 6) is -0.485. The minimum absolute atomic E-state index is 0.231. The molecule has 11 heavy (non-hydrogen) atoms. The molecular formula is C4H7N3O3S. The van der Waals surface area contributed by atoms with Crippen molar-refractivity contribution >= 4 is 10.1 Å². The SMILES string of the molecule is Cn1cc(CS(=O)(=O)O)nn1. The van der Waals surface area contributed by atoms with Gasteiger partial charge in [-0.2, -0.15) is 8.42 Å². The number of hydrogen-bond donors (Lipinski definition) is 1. The molecule has 1 aromatic rings. The minimum atomic E-state index is -3.98. The zero-order valence-corrected chi connectivity index (χ0v) is 6.61. The van der Waals surface area contributed by atoms with Gasteiger partial charge in [0.15, 0.2) is 0 Å². The van der Waals surface area contributed by atoms with Gasteiger partial charge in [-0.3, -0.25) is 9.23 Å². The lowest BCUT2D eigenvalue weighted by Gasteiger charge is -1.88. The van der Waals surface area contributed by atoms with E-state index in [1.54, 1.807) is 7.05 Å². The van der Waals surface area contributed by atoms with Crippen LogP contribution in [0.4, 0.5) is 0 Å². The van der Waals surface area contributed by atoms with E-state index in [0.717, 1.165) is 0 Å². The molecule has 0 aliphatic heterocycles. The molecule has 0 unspecified atom stereocenters. The first-order valence-electron chi connectivity index (χ1n) is 2.78. The van der Waals surface area contributed by atoms with E-state index in [2.05, 4.69) is 10.3 Å². The fourth-order valence-corrected chi connectivity index (χ4v) is 1.15. The predicted molar refractivity (Wildman–Crippen MR) is 36.3 cm³/mol. The average molecular weight is 177 g/mol. The first-order valence-corrected chi connectivity index (χ1v) is 4.38. The van der Waals surface area contributed by atoms with Gasteiger partial charge in [-0.15, -0.1) is 5.10 Å². The van der Waals surface area contributed by atoms with E-state index in [0.29, 0.717) is 0 Å². The Bertz CT molecular complexity index is 341. The molecule has 0 fully saturated rings. The zero-order valence-electron chi connectivity index (χ0n) is 5.80. The van der Waals surface area contributed by atoms with Gasteiger partial charge in [0.1, 0.15) is 11.4 Å². The smallest absolute Gasteiger partial charge is 0.270 e. The van der Waals surface area contributed by atoms with E-state index in [1.807, 2.05) is 0 Å². The second-order valence-electron chi connectivity index (χ2n) is 2.11. The van der Waals surface area contributed by atoms with Crippen LogP contribution in [0.25, 0.3) is 0 Å². The Hall–Kier alpha value is -0.950. The van der Waals surface area contributed by atoms with Crippen molar-refractivity contribution in [3.05, 3.63) is 11.9 Å². The third kappa shape index (κ3) is 2.64. The Labute approximate surface area is 63.6 Å². The summed E-state index contributed by atoms with van der Waals surface area (Å²) in [7, 11) is -2.37. The summed E-state index contributed by atoms with van der Waals surface area (Å²) in [5, 5.41) is 6.97. The number of nitrogens with zero attached hydrogens (tertiary/aromatic N) is 3. The topological polar surface area (TPSA) is 85.1 Å². The summed E-state index contributed by atoms with van der Waals surface area (Å²) >= 11 is 0. The van der Waals surface area contributed by atoms with Gasteiger partial charge in [-0.25, -0.2) is 0 Å². The molecule has 1 aromatic heterocycles. The molecule has 0 bridgehead atoms. The second-order valence-corrected chi connectivity index (χ2v) is 3.56. The van der Waals surface area contributed by atoms with Crippen LogP contribution in [0.2, 0.25) is 0 Å². The molecule has 1 N–H and O–H groups in total. The second kappa shape index (κ2) is 2.59. The van der Waals surface area contributed by atoms with Gasteiger partial charge in [-0.05, 0) is 0 Å². The fraction of sp³-hybridized carbons (Fsp3) is 0.500. The van der Waals surface area contributed by atoms with Gasteiger partial charge in [0, 0.05) is 13.2 Å². The zero-order chi connectivity index (χ0) is 8.48. The molecule has 0 aliphatic rings. The molecule has 0 radical (unpaired) electrons. The number of rotatable bonds is 2. The van der Waals surface area contributed by atoms with Crippen LogP contribution < -0.4 is 0 Å². The van der Waals surface area contributed by atoms with Crippen molar-refractivity contribution in [2.24, 2.45) is 7.05 Å². The summed E-state index contributed by atoms with van der Waals surface area (Å²) in [6.45, 7) is 0. The van der Waals surface area contributed by atoms with Crippen LogP contribution >= 0.6 is 0 Å². The maximum absolute atomic E-state index is 10.3. The highest BCUT2D eigenvalue weighted by Crippen LogP contribution is 1.97. The predicted octanol–water partition coefficient (Wildman–Crippen LogP) is -0.797. The van der Waals surface area contributed by atoms with Crippen molar-refractivity contribution < 1.29 is 13.0 Å². The molecule has 62 valence electrons. The lowest BCUT2D eigenvalue weighted by molar-refractivity contribution is 0.481. The van der Waals surface area contributed by atoms with Gasteiger partial charge < -0.3 is 0 Å². The third-order valence-electron chi connectivity index (χ3n) is 0.980. The maximum Gasteiger partial charge on any atom is 0.270 e. The molecule has 0 spiro atoms. The maximum atomic E-state index is 10.3. The van der Waals surface area contributed by atoms with Gasteiger partial charge in [0.2, 0.25) is 0 Å². The lowest BCUT2D eigenvalue weighted by Crippen LogP contribution is -2.01. The van der Waals surface area contributed by atoms with Crippen LogP contribution in [0.1, 0.15) is 5.69 Å². The summed E-state index contributed by atoms with van der Waals surface area (Å²) in [4.78, 5) is 0. The van der Waals surface area contributed by atoms with E-state index in [-0.39, 0.29) is 5.69 Å². The molecular weight excluding hydrogens is 170 g/mol. The van der Waals surface area contributed by atoms with Crippen molar-refractivity contribution in [3.8, 4) is 0 Å². The molecule has 0 amide bonds. The fourth-order valence-electron chi connectivity index (χ4n) is 0.648. The van der Waals surface area contributed by atoms with Crippen molar-refractivity contribution in [1.29, 1.82) is 0 Å². The van der Waals surface area contributed by atoms with Gasteiger partial charge in [0.05, 0.1) is 0 Å². The van der Waals surface area contributed by atoms with Crippen LogP contribution in [0.5, 0.6) is 0 Å². The molecule has 7 heteroatoms. The molecule has 1 rings (SSSR count). The summed E-state index contributed by atoms with van der Waals surface area (Å²) < 4.78 is 30.3. The van der Waals surface area contributed by atoms with E-state index >= 15 is 0 Å². The molecule has 0 aromatic carbocycles. The lowest BCUT2D eigenvalue weighted by atomic mass is 10.6. The van der Waals surface area contributed by atoms with Crippen molar-refractivity contribution in [1.82, 2.24) is 15.0 Å². The van der Waals surface area contributed by atoms with E-state index in [1.165, 1.54) is 10.9 Å². The van der Waals surface area contributed by atoms with Crippen LogP contribution in [-0.4, -0.2) is 28.0 Å². The summed E-state index contributed by atoms with van der Waals surface area (Å²) in [6, 6.07) is 0. The van der Waals surface area contributed by atoms with Crippen molar-refractivity contribution in [2.45, 2.75) is 5.75 Å². The highest BCUT2D eigenvalue weighted by molar-refractivity contribution is 7.84. The Morgan fingerprint density at radius 2 is 2.36 bits per heavy atom. The first kappa shape index (κ1) is 8.15. The van der Waals surface area contributed by atoms with Crippen LogP contribution in [-0.2, 0) is 22.9 Å². The summed E-state index contributed by atoms with van der Waals surface area (Å²) in [6.07, 6.45) is 1.42. The van der Waals surface area contributed by atoms with Crippen LogP contribution in [0, 0.1) is 0 Å². The largest absolute Gasteiger partial charge is 0.285 e. The Kier molecular flexibility index (Phi) is 1.92. The molecule has 0 atom stereocenters. The molecule has 0 saturated carbocycles. The molecule has 0 saturated heterocycles. The minimum Gasteiger partial charge on any atom is -0.285 e. The Morgan fingerprint density at radius 3 is 2.73 bits per heavy atom. The molecule has 6 nitrogen and oxygen atoms in total. The Balaban J connectivity index is 2.81. The quantitative estimate of drug-likeness (QED) is 0.598. The Morgan fingerprint density at radius 1 is 1.73 bits per heavy atom.